The van der Waals surface area contributed by atoms with Gasteiger partial charge in [0.15, 0.2) is 5.82 Å². The molecule has 0 unspecified atom stereocenters. The van der Waals surface area contributed by atoms with E-state index in [-0.39, 0.29) is 5.82 Å². The highest BCUT2D eigenvalue weighted by atomic mass is 19.1. The molecular weight excluding hydrogens is 421 g/mol. The highest BCUT2D eigenvalue weighted by Gasteiger charge is 2.30. The summed E-state index contributed by atoms with van der Waals surface area (Å²) in [7, 11) is 0. The third kappa shape index (κ3) is 3.39. The van der Waals surface area contributed by atoms with Crippen molar-refractivity contribution in [2.24, 2.45) is 0 Å². The van der Waals surface area contributed by atoms with Gasteiger partial charge in [-0.25, -0.2) is 9.37 Å². The number of para-hydroxylation sites is 2. The van der Waals surface area contributed by atoms with Gasteiger partial charge >= 0.3 is 0 Å². The Kier molecular flexibility index (Phi) is 4.72. The van der Waals surface area contributed by atoms with Crippen LogP contribution in [0.15, 0.2) is 48.7 Å². The molecule has 166 valence electrons. The number of nitrogens with zero attached hydrogens (tertiary/aromatic N) is 8. The predicted octanol–water partition coefficient (Wildman–Crippen LogP) is 2.63. The summed E-state index contributed by atoms with van der Waals surface area (Å²) in [6.45, 7) is 5.62. The van der Waals surface area contributed by atoms with Crippen LogP contribution in [0.2, 0.25) is 0 Å². The maximum Gasteiger partial charge on any atom is 0.227 e. The number of rotatable bonds is 3. The summed E-state index contributed by atoms with van der Waals surface area (Å²) >= 11 is 0. The van der Waals surface area contributed by atoms with Crippen molar-refractivity contribution in [3.05, 3.63) is 65.6 Å². The van der Waals surface area contributed by atoms with Gasteiger partial charge in [-0.15, -0.1) is 5.10 Å². The highest BCUT2D eigenvalue weighted by Crippen LogP contribution is 2.41. The molecule has 2 aliphatic heterocycles. The second-order valence-electron chi connectivity index (χ2n) is 8.22. The van der Waals surface area contributed by atoms with E-state index in [1.807, 2.05) is 30.3 Å². The first-order chi connectivity index (χ1) is 16.2. The van der Waals surface area contributed by atoms with Crippen LogP contribution in [0.25, 0.3) is 17.1 Å². The van der Waals surface area contributed by atoms with Gasteiger partial charge in [0.05, 0.1) is 16.9 Å². The SMILES string of the molecule is Cc1ccc(CN2c3ccccc3-n3nnnc3-c3cnc(N4CCNCC4)nc32)cc1F. The van der Waals surface area contributed by atoms with E-state index in [1.54, 1.807) is 29.9 Å². The molecule has 6 rings (SSSR count). The summed E-state index contributed by atoms with van der Waals surface area (Å²) < 4.78 is 16.1. The lowest BCUT2D eigenvalue weighted by Gasteiger charge is -2.30. The molecule has 4 heterocycles. The van der Waals surface area contributed by atoms with Crippen molar-refractivity contribution in [3.8, 4) is 17.1 Å². The Morgan fingerprint density at radius 3 is 2.70 bits per heavy atom. The molecule has 1 fully saturated rings. The number of benzene rings is 2. The van der Waals surface area contributed by atoms with Crippen LogP contribution in [-0.4, -0.2) is 56.4 Å². The van der Waals surface area contributed by atoms with E-state index in [4.69, 9.17) is 4.98 Å². The lowest BCUT2D eigenvalue weighted by molar-refractivity contribution is 0.580. The summed E-state index contributed by atoms with van der Waals surface area (Å²) in [5.41, 5.74) is 3.89. The molecule has 0 amide bonds. The minimum absolute atomic E-state index is 0.223. The summed E-state index contributed by atoms with van der Waals surface area (Å²) in [6, 6.07) is 13.2. The van der Waals surface area contributed by atoms with E-state index in [9.17, 15) is 4.39 Å². The van der Waals surface area contributed by atoms with Gasteiger partial charge in [-0.05, 0) is 46.7 Å². The van der Waals surface area contributed by atoms with Gasteiger partial charge in [0, 0.05) is 38.9 Å². The Hall–Kier alpha value is -3.92. The van der Waals surface area contributed by atoms with Crippen LogP contribution in [0, 0.1) is 12.7 Å². The van der Waals surface area contributed by atoms with Crippen LogP contribution < -0.4 is 15.1 Å². The second-order valence-corrected chi connectivity index (χ2v) is 8.22. The van der Waals surface area contributed by atoms with Crippen molar-refractivity contribution >= 4 is 17.5 Å². The van der Waals surface area contributed by atoms with E-state index >= 15 is 0 Å². The molecule has 2 aromatic carbocycles. The monoisotopic (exact) mass is 443 g/mol. The minimum Gasteiger partial charge on any atom is -0.338 e. The first kappa shape index (κ1) is 19.7. The van der Waals surface area contributed by atoms with Gasteiger partial charge < -0.3 is 15.1 Å². The number of hydrogen-bond donors (Lipinski definition) is 1. The van der Waals surface area contributed by atoms with Crippen LogP contribution in [0.5, 0.6) is 0 Å². The smallest absolute Gasteiger partial charge is 0.227 e. The van der Waals surface area contributed by atoms with Crippen molar-refractivity contribution < 1.29 is 4.39 Å². The standard InChI is InChI=1S/C23H22FN9/c1-15-6-7-16(12-18(15)24)14-32-19-4-2-3-5-20(19)33-22(28-29-30-33)17-13-26-23(27-21(17)32)31-10-8-25-9-11-31/h2-7,12-13,25H,8-11,14H2,1H3. The van der Waals surface area contributed by atoms with Crippen molar-refractivity contribution in [1.29, 1.82) is 0 Å². The number of aryl methyl sites for hydroxylation is 1. The van der Waals surface area contributed by atoms with Crippen molar-refractivity contribution in [2.75, 3.05) is 36.0 Å². The van der Waals surface area contributed by atoms with Gasteiger partial charge in [0.1, 0.15) is 11.6 Å². The number of anilines is 3. The average Bonchev–Trinajstić information content (AvgIpc) is 3.31. The van der Waals surface area contributed by atoms with E-state index in [2.05, 4.69) is 35.6 Å². The molecule has 2 aliphatic rings. The summed E-state index contributed by atoms with van der Waals surface area (Å²) in [5, 5.41) is 15.8. The Balaban J connectivity index is 1.54. The quantitative estimate of drug-likeness (QED) is 0.517. The predicted molar refractivity (Wildman–Crippen MR) is 122 cm³/mol. The lowest BCUT2D eigenvalue weighted by atomic mass is 10.1. The van der Waals surface area contributed by atoms with Crippen molar-refractivity contribution in [3.63, 3.8) is 0 Å². The molecule has 2 aromatic heterocycles. The topological polar surface area (TPSA) is 87.9 Å². The van der Waals surface area contributed by atoms with E-state index < -0.39 is 0 Å². The number of piperazine rings is 1. The van der Waals surface area contributed by atoms with Crippen molar-refractivity contribution in [1.82, 2.24) is 35.5 Å². The summed E-state index contributed by atoms with van der Waals surface area (Å²) in [4.78, 5) is 13.9. The molecule has 10 heteroatoms. The molecule has 1 N–H and O–H groups in total. The second kappa shape index (κ2) is 7.89. The normalized spacial score (nSPS) is 15.0. The molecule has 4 aromatic rings. The molecule has 0 spiro atoms. The number of fused-ring (bicyclic) bond motifs is 5. The molecule has 0 bridgehead atoms. The van der Waals surface area contributed by atoms with E-state index in [0.717, 1.165) is 48.7 Å². The van der Waals surface area contributed by atoms with Crippen molar-refractivity contribution in [2.45, 2.75) is 13.5 Å². The van der Waals surface area contributed by atoms with Gasteiger partial charge in [0.2, 0.25) is 5.95 Å². The highest BCUT2D eigenvalue weighted by molar-refractivity contribution is 5.83. The summed E-state index contributed by atoms with van der Waals surface area (Å²) in [6.07, 6.45) is 1.79. The van der Waals surface area contributed by atoms with Crippen LogP contribution in [0.1, 0.15) is 11.1 Å². The molecule has 0 atom stereocenters. The minimum atomic E-state index is -0.223. The maximum absolute atomic E-state index is 14.4. The zero-order valence-corrected chi connectivity index (χ0v) is 18.1. The molecule has 9 nitrogen and oxygen atoms in total. The summed E-state index contributed by atoms with van der Waals surface area (Å²) in [5.74, 6) is 1.70. The van der Waals surface area contributed by atoms with Crippen LogP contribution >= 0.6 is 0 Å². The maximum atomic E-state index is 14.4. The number of tetrazole rings is 1. The van der Waals surface area contributed by atoms with Gasteiger partial charge in [0.25, 0.3) is 0 Å². The number of aromatic nitrogens is 6. The zero-order valence-electron chi connectivity index (χ0n) is 18.1. The number of nitrogens with one attached hydrogen (secondary N) is 1. The fourth-order valence-electron chi connectivity index (χ4n) is 4.32. The lowest BCUT2D eigenvalue weighted by Crippen LogP contribution is -2.44. The number of halogens is 1. The molecule has 33 heavy (non-hydrogen) atoms. The van der Waals surface area contributed by atoms with E-state index in [0.29, 0.717) is 29.7 Å². The fraction of sp³-hybridized carbons (Fsp3) is 0.261. The van der Waals surface area contributed by atoms with E-state index in [1.165, 1.54) is 0 Å². The largest absolute Gasteiger partial charge is 0.338 e. The fourth-order valence-corrected chi connectivity index (χ4v) is 4.32. The first-order valence-corrected chi connectivity index (χ1v) is 10.9. The first-order valence-electron chi connectivity index (χ1n) is 10.9. The molecule has 0 radical (unpaired) electrons. The number of hydrogen-bond acceptors (Lipinski definition) is 8. The molecule has 0 saturated carbocycles. The van der Waals surface area contributed by atoms with Gasteiger partial charge in [-0.1, -0.05) is 24.3 Å². The Morgan fingerprint density at radius 1 is 1.06 bits per heavy atom. The molecule has 1 saturated heterocycles. The third-order valence-electron chi connectivity index (χ3n) is 6.10. The zero-order chi connectivity index (χ0) is 22.4. The van der Waals surface area contributed by atoms with Gasteiger partial charge in [-0.2, -0.15) is 9.67 Å². The molecular formula is C23H22FN9. The average molecular weight is 443 g/mol. The third-order valence-corrected chi connectivity index (χ3v) is 6.10. The molecule has 0 aliphatic carbocycles. The Labute approximate surface area is 189 Å². The van der Waals surface area contributed by atoms with Crippen LogP contribution in [0.3, 0.4) is 0 Å². The Bertz CT molecular complexity index is 1330. The van der Waals surface area contributed by atoms with Gasteiger partial charge in [-0.3, -0.25) is 0 Å². The Morgan fingerprint density at radius 2 is 1.88 bits per heavy atom. The van der Waals surface area contributed by atoms with Crippen LogP contribution in [0.4, 0.5) is 21.8 Å². The van der Waals surface area contributed by atoms with Crippen LogP contribution in [-0.2, 0) is 6.54 Å².